The van der Waals surface area contributed by atoms with Crippen molar-refractivity contribution >= 4 is 40.9 Å². The predicted molar refractivity (Wildman–Crippen MR) is 137 cm³/mol. The maximum Gasteiger partial charge on any atom is 0.337 e. The van der Waals surface area contributed by atoms with Gasteiger partial charge in [0.25, 0.3) is 5.91 Å². The SMILES string of the molecule is COC(=O)c1ccc(-c2ccc(/C=C3\C=C(c4ccccc4)N(c4ccccc4Cl)C3=O)o2)cc1. The normalized spacial score (nSPS) is 14.3. The smallest absolute Gasteiger partial charge is 0.337 e. The maximum atomic E-state index is 13.5. The monoisotopic (exact) mass is 481 g/mol. The molecule has 0 unspecified atom stereocenters. The van der Waals surface area contributed by atoms with Crippen LogP contribution in [0.15, 0.2) is 107 Å². The van der Waals surface area contributed by atoms with Gasteiger partial charge in [-0.1, -0.05) is 66.2 Å². The van der Waals surface area contributed by atoms with Gasteiger partial charge in [-0.2, -0.15) is 0 Å². The Kier molecular flexibility index (Phi) is 6.08. The number of rotatable bonds is 5. The highest BCUT2D eigenvalue weighted by Crippen LogP contribution is 2.38. The molecule has 0 radical (unpaired) electrons. The number of amides is 1. The zero-order valence-corrected chi connectivity index (χ0v) is 19.5. The number of ether oxygens (including phenoxy) is 1. The molecule has 1 amide bonds. The largest absolute Gasteiger partial charge is 0.465 e. The topological polar surface area (TPSA) is 59.8 Å². The average molecular weight is 482 g/mol. The van der Waals surface area contributed by atoms with Gasteiger partial charge in [-0.15, -0.1) is 0 Å². The summed E-state index contributed by atoms with van der Waals surface area (Å²) in [5.74, 6) is 0.557. The predicted octanol–water partition coefficient (Wildman–Crippen LogP) is 6.86. The van der Waals surface area contributed by atoms with Crippen LogP contribution in [0.25, 0.3) is 23.1 Å². The summed E-state index contributed by atoms with van der Waals surface area (Å²) in [6.45, 7) is 0. The van der Waals surface area contributed by atoms with Crippen molar-refractivity contribution in [1.29, 1.82) is 0 Å². The first-order chi connectivity index (χ1) is 17.0. The molecule has 3 aromatic carbocycles. The van der Waals surface area contributed by atoms with Crippen LogP contribution >= 0.6 is 11.6 Å². The number of para-hydroxylation sites is 1. The van der Waals surface area contributed by atoms with Gasteiger partial charge in [0.15, 0.2) is 0 Å². The Morgan fingerprint density at radius 2 is 1.60 bits per heavy atom. The first-order valence-electron chi connectivity index (χ1n) is 10.9. The Morgan fingerprint density at radius 1 is 0.886 bits per heavy atom. The number of carbonyl (C=O) groups excluding carboxylic acids is 2. The third-order valence-corrected chi connectivity index (χ3v) is 5.98. The molecule has 6 heteroatoms. The molecule has 0 N–H and O–H groups in total. The number of halogens is 1. The van der Waals surface area contributed by atoms with E-state index in [4.69, 9.17) is 20.8 Å². The van der Waals surface area contributed by atoms with Crippen LogP contribution in [0.2, 0.25) is 5.02 Å². The van der Waals surface area contributed by atoms with Gasteiger partial charge in [0.1, 0.15) is 11.5 Å². The van der Waals surface area contributed by atoms with Gasteiger partial charge in [0.05, 0.1) is 29.1 Å². The minimum absolute atomic E-state index is 0.197. The lowest BCUT2D eigenvalue weighted by atomic mass is 10.1. The van der Waals surface area contributed by atoms with Crippen molar-refractivity contribution in [2.45, 2.75) is 0 Å². The second-order valence-corrected chi connectivity index (χ2v) is 8.27. The number of esters is 1. The van der Waals surface area contributed by atoms with Crippen LogP contribution in [0.4, 0.5) is 5.69 Å². The van der Waals surface area contributed by atoms with Gasteiger partial charge in [-0.05, 0) is 54.1 Å². The van der Waals surface area contributed by atoms with Gasteiger partial charge < -0.3 is 9.15 Å². The van der Waals surface area contributed by atoms with E-state index in [-0.39, 0.29) is 5.91 Å². The summed E-state index contributed by atoms with van der Waals surface area (Å²) in [6, 6.07) is 27.5. The molecule has 35 heavy (non-hydrogen) atoms. The number of nitrogens with zero attached hydrogens (tertiary/aromatic N) is 1. The zero-order chi connectivity index (χ0) is 24.4. The van der Waals surface area contributed by atoms with Gasteiger partial charge >= 0.3 is 5.97 Å². The van der Waals surface area contributed by atoms with E-state index in [0.29, 0.717) is 33.4 Å². The second kappa shape index (κ2) is 9.49. The molecule has 0 saturated heterocycles. The van der Waals surface area contributed by atoms with Crippen molar-refractivity contribution in [3.8, 4) is 11.3 Å². The summed E-state index contributed by atoms with van der Waals surface area (Å²) in [5.41, 5.74) is 3.99. The van der Waals surface area contributed by atoms with Crippen molar-refractivity contribution in [3.05, 3.63) is 125 Å². The first-order valence-corrected chi connectivity index (χ1v) is 11.3. The van der Waals surface area contributed by atoms with Gasteiger partial charge in [0, 0.05) is 11.1 Å². The Balaban J connectivity index is 1.50. The van der Waals surface area contributed by atoms with E-state index in [0.717, 1.165) is 16.8 Å². The molecule has 1 aromatic heterocycles. The van der Waals surface area contributed by atoms with Crippen LogP contribution < -0.4 is 4.90 Å². The van der Waals surface area contributed by atoms with E-state index >= 15 is 0 Å². The van der Waals surface area contributed by atoms with Crippen molar-refractivity contribution in [2.24, 2.45) is 0 Å². The molecule has 2 heterocycles. The number of benzene rings is 3. The number of carbonyl (C=O) groups is 2. The fourth-order valence-corrected chi connectivity index (χ4v) is 4.16. The molecule has 5 nitrogen and oxygen atoms in total. The fourth-order valence-electron chi connectivity index (χ4n) is 3.94. The summed E-state index contributed by atoms with van der Waals surface area (Å²) >= 11 is 6.45. The molecule has 0 saturated carbocycles. The standard InChI is InChI=1S/C29H20ClNO4/c1-34-29(33)21-13-11-20(12-14-21)27-16-15-23(35-27)17-22-18-26(19-7-3-2-4-8-19)31(28(22)32)25-10-6-5-9-24(25)30/h2-18H,1H3/b22-17+. The highest BCUT2D eigenvalue weighted by Gasteiger charge is 2.31. The minimum Gasteiger partial charge on any atom is -0.465 e. The first kappa shape index (κ1) is 22.4. The molecule has 1 aliphatic heterocycles. The summed E-state index contributed by atoms with van der Waals surface area (Å²) in [5, 5.41) is 0.486. The summed E-state index contributed by atoms with van der Waals surface area (Å²) in [6.07, 6.45) is 3.56. The van der Waals surface area contributed by atoms with Crippen molar-refractivity contribution in [3.63, 3.8) is 0 Å². The van der Waals surface area contributed by atoms with Gasteiger partial charge in [-0.3, -0.25) is 9.69 Å². The molecule has 0 bridgehead atoms. The molecule has 1 aliphatic rings. The maximum absolute atomic E-state index is 13.5. The average Bonchev–Trinajstić information content (AvgIpc) is 3.49. The Hall–Kier alpha value is -4.35. The zero-order valence-electron chi connectivity index (χ0n) is 18.8. The lowest BCUT2D eigenvalue weighted by molar-refractivity contribution is -0.113. The highest BCUT2D eigenvalue weighted by atomic mass is 35.5. The molecular formula is C29H20ClNO4. The third kappa shape index (κ3) is 4.42. The van der Waals surface area contributed by atoms with Crippen LogP contribution in [-0.4, -0.2) is 19.0 Å². The van der Waals surface area contributed by atoms with Crippen molar-refractivity contribution in [2.75, 3.05) is 12.0 Å². The minimum atomic E-state index is -0.398. The lowest BCUT2D eigenvalue weighted by Gasteiger charge is -2.21. The van der Waals surface area contributed by atoms with E-state index in [1.54, 1.807) is 47.4 Å². The number of hydrogen-bond donors (Lipinski definition) is 0. The van der Waals surface area contributed by atoms with Crippen LogP contribution in [-0.2, 0) is 9.53 Å². The van der Waals surface area contributed by atoms with E-state index < -0.39 is 5.97 Å². The Morgan fingerprint density at radius 3 is 2.31 bits per heavy atom. The van der Waals surface area contributed by atoms with Crippen LogP contribution in [0.1, 0.15) is 21.7 Å². The molecular weight excluding hydrogens is 462 g/mol. The summed E-state index contributed by atoms with van der Waals surface area (Å²) in [4.78, 5) is 26.8. The molecule has 172 valence electrons. The quantitative estimate of drug-likeness (QED) is 0.231. The third-order valence-electron chi connectivity index (χ3n) is 5.66. The lowest BCUT2D eigenvalue weighted by Crippen LogP contribution is -2.25. The van der Waals surface area contributed by atoms with Crippen LogP contribution in [0, 0.1) is 0 Å². The molecule has 0 spiro atoms. The molecule has 5 rings (SSSR count). The number of furan rings is 1. The van der Waals surface area contributed by atoms with Gasteiger partial charge in [-0.25, -0.2) is 4.79 Å². The number of anilines is 1. The molecule has 0 fully saturated rings. The van der Waals surface area contributed by atoms with E-state index in [2.05, 4.69) is 0 Å². The fraction of sp³-hybridized carbons (Fsp3) is 0.0345. The van der Waals surface area contributed by atoms with Crippen LogP contribution in [0.5, 0.6) is 0 Å². The Bertz CT molecular complexity index is 1470. The second-order valence-electron chi connectivity index (χ2n) is 7.86. The Labute approximate surface area is 207 Å². The molecule has 0 aliphatic carbocycles. The molecule has 0 atom stereocenters. The van der Waals surface area contributed by atoms with Crippen LogP contribution in [0.3, 0.4) is 0 Å². The van der Waals surface area contributed by atoms with E-state index in [1.807, 2.05) is 60.7 Å². The van der Waals surface area contributed by atoms with Gasteiger partial charge in [0.2, 0.25) is 0 Å². The van der Waals surface area contributed by atoms with Crippen molar-refractivity contribution in [1.82, 2.24) is 0 Å². The number of methoxy groups -OCH3 is 1. The molecule has 4 aromatic rings. The highest BCUT2D eigenvalue weighted by molar-refractivity contribution is 6.35. The van der Waals surface area contributed by atoms with E-state index in [1.165, 1.54) is 7.11 Å². The summed E-state index contributed by atoms with van der Waals surface area (Å²) in [7, 11) is 1.34. The summed E-state index contributed by atoms with van der Waals surface area (Å²) < 4.78 is 10.7. The number of hydrogen-bond acceptors (Lipinski definition) is 4. The van der Waals surface area contributed by atoms with E-state index in [9.17, 15) is 9.59 Å². The van der Waals surface area contributed by atoms with Crippen molar-refractivity contribution < 1.29 is 18.7 Å².